The lowest BCUT2D eigenvalue weighted by Gasteiger charge is -2.18. The highest BCUT2D eigenvalue weighted by Gasteiger charge is 2.20. The summed E-state index contributed by atoms with van der Waals surface area (Å²) in [4.78, 5) is 22.7. The Morgan fingerprint density at radius 3 is 2.60 bits per heavy atom. The average molecular weight is 211 g/mol. The summed E-state index contributed by atoms with van der Waals surface area (Å²) in [5.74, 6) is -3.13. The van der Waals surface area contributed by atoms with E-state index in [1.807, 2.05) is 0 Å². The van der Waals surface area contributed by atoms with Crippen LogP contribution >= 0.6 is 0 Å². The molecule has 1 N–H and O–H groups in total. The zero-order chi connectivity index (χ0) is 11.4. The summed E-state index contributed by atoms with van der Waals surface area (Å²) >= 11 is 0. The van der Waals surface area contributed by atoms with E-state index < -0.39 is 17.7 Å². The molecule has 4 nitrogen and oxygen atoms in total. The van der Waals surface area contributed by atoms with Crippen LogP contribution in [0.3, 0.4) is 0 Å². The Kier molecular flexibility index (Phi) is 3.38. The first-order chi connectivity index (χ1) is 7.06. The quantitative estimate of drug-likeness (QED) is 0.749. The van der Waals surface area contributed by atoms with Crippen LogP contribution in [0.5, 0.6) is 0 Å². The van der Waals surface area contributed by atoms with Crippen molar-refractivity contribution in [3.63, 3.8) is 0 Å². The largest absolute Gasteiger partial charge is 0.474 e. The van der Waals surface area contributed by atoms with Gasteiger partial charge in [-0.15, -0.1) is 0 Å². The van der Waals surface area contributed by atoms with Crippen molar-refractivity contribution in [2.24, 2.45) is 0 Å². The van der Waals surface area contributed by atoms with Gasteiger partial charge in [0.2, 0.25) is 0 Å². The van der Waals surface area contributed by atoms with Gasteiger partial charge in [0, 0.05) is 12.2 Å². The molecular formula is C10H10FNO3. The predicted molar refractivity (Wildman–Crippen MR) is 52.1 cm³/mol. The lowest BCUT2D eigenvalue weighted by molar-refractivity contribution is -0.148. The van der Waals surface area contributed by atoms with Gasteiger partial charge in [0.25, 0.3) is 0 Å². The molecule has 0 saturated carbocycles. The van der Waals surface area contributed by atoms with E-state index in [0.29, 0.717) is 0 Å². The van der Waals surface area contributed by atoms with Crippen LogP contribution < -0.4 is 4.90 Å². The van der Waals surface area contributed by atoms with Gasteiger partial charge < -0.3 is 10.0 Å². The molecule has 0 aliphatic rings. The smallest absolute Gasteiger partial charge is 0.394 e. The molecule has 0 aliphatic carbocycles. The molecule has 0 spiro atoms. The lowest BCUT2D eigenvalue weighted by atomic mass is 10.2. The van der Waals surface area contributed by atoms with Gasteiger partial charge in [-0.2, -0.15) is 0 Å². The summed E-state index contributed by atoms with van der Waals surface area (Å²) in [6, 6.07) is 5.24. The number of amides is 1. The van der Waals surface area contributed by atoms with Gasteiger partial charge in [0.05, 0.1) is 0 Å². The lowest BCUT2D eigenvalue weighted by Crippen LogP contribution is -2.36. The molecule has 0 fully saturated rings. The minimum absolute atomic E-state index is 0.175. The number of halogens is 1. The van der Waals surface area contributed by atoms with Crippen molar-refractivity contribution in [2.45, 2.75) is 6.92 Å². The van der Waals surface area contributed by atoms with E-state index in [1.165, 1.54) is 18.2 Å². The second kappa shape index (κ2) is 4.54. The van der Waals surface area contributed by atoms with Crippen LogP contribution in [0.15, 0.2) is 24.3 Å². The van der Waals surface area contributed by atoms with Gasteiger partial charge in [-0.05, 0) is 25.1 Å². The van der Waals surface area contributed by atoms with E-state index >= 15 is 0 Å². The van der Waals surface area contributed by atoms with Crippen LogP contribution in [-0.4, -0.2) is 23.5 Å². The molecule has 0 heterocycles. The van der Waals surface area contributed by atoms with E-state index in [4.69, 9.17) is 5.11 Å². The fraction of sp³-hybridized carbons (Fsp3) is 0.200. The summed E-state index contributed by atoms with van der Waals surface area (Å²) in [6.45, 7) is 1.79. The van der Waals surface area contributed by atoms with Crippen molar-refractivity contribution in [3.05, 3.63) is 30.1 Å². The van der Waals surface area contributed by atoms with Crippen LogP contribution in [-0.2, 0) is 9.59 Å². The fourth-order valence-electron chi connectivity index (χ4n) is 1.20. The standard InChI is InChI=1S/C10H10FNO3/c1-2-12(9(13)10(14)15)8-5-3-4-7(11)6-8/h3-6H,2H2,1H3,(H,14,15). The molecule has 1 aromatic carbocycles. The molecule has 0 aromatic heterocycles. The van der Waals surface area contributed by atoms with Crippen LogP contribution in [0.25, 0.3) is 0 Å². The number of aliphatic carboxylic acids is 1. The topological polar surface area (TPSA) is 57.6 Å². The molecule has 15 heavy (non-hydrogen) atoms. The number of carbonyl (C=O) groups excluding carboxylic acids is 1. The first-order valence-electron chi connectivity index (χ1n) is 4.36. The summed E-state index contributed by atoms with van der Waals surface area (Å²) < 4.78 is 12.8. The minimum Gasteiger partial charge on any atom is -0.474 e. The van der Waals surface area contributed by atoms with Crippen molar-refractivity contribution in [1.82, 2.24) is 0 Å². The third-order valence-corrected chi connectivity index (χ3v) is 1.86. The molecule has 0 saturated heterocycles. The molecule has 1 amide bonds. The molecule has 1 aromatic rings. The predicted octanol–water partition coefficient (Wildman–Crippen LogP) is 1.26. The second-order valence-corrected chi connectivity index (χ2v) is 2.83. The van der Waals surface area contributed by atoms with Crippen molar-refractivity contribution in [2.75, 3.05) is 11.4 Å². The van der Waals surface area contributed by atoms with Gasteiger partial charge in [0.15, 0.2) is 0 Å². The molecule has 0 aliphatic heterocycles. The summed E-state index contributed by atoms with van der Waals surface area (Å²) in [5.41, 5.74) is 0.241. The van der Waals surface area contributed by atoms with Crippen molar-refractivity contribution >= 4 is 17.6 Å². The van der Waals surface area contributed by atoms with E-state index in [2.05, 4.69) is 0 Å². The Hall–Kier alpha value is -1.91. The normalized spacial score (nSPS) is 9.73. The molecular weight excluding hydrogens is 201 g/mol. The van der Waals surface area contributed by atoms with E-state index in [9.17, 15) is 14.0 Å². The first-order valence-corrected chi connectivity index (χ1v) is 4.36. The van der Waals surface area contributed by atoms with Crippen LogP contribution in [0.1, 0.15) is 6.92 Å². The SMILES string of the molecule is CCN(C(=O)C(=O)O)c1cccc(F)c1. The Balaban J connectivity index is 3.02. The number of rotatable bonds is 2. The summed E-state index contributed by atoms with van der Waals surface area (Å²) in [5, 5.41) is 8.53. The molecule has 0 atom stereocenters. The number of carboxylic acid groups (broad SMARTS) is 1. The van der Waals surface area contributed by atoms with Crippen LogP contribution in [0, 0.1) is 5.82 Å². The van der Waals surface area contributed by atoms with Gasteiger partial charge in [-0.3, -0.25) is 4.79 Å². The zero-order valence-electron chi connectivity index (χ0n) is 8.11. The van der Waals surface area contributed by atoms with Crippen molar-refractivity contribution in [3.8, 4) is 0 Å². The number of carboxylic acids is 1. The maximum absolute atomic E-state index is 12.8. The van der Waals surface area contributed by atoms with Crippen LogP contribution in [0.4, 0.5) is 10.1 Å². The zero-order valence-corrected chi connectivity index (χ0v) is 8.11. The number of likely N-dealkylation sites (N-methyl/N-ethyl adjacent to an activating group) is 1. The first kappa shape index (κ1) is 11.2. The van der Waals surface area contributed by atoms with Crippen molar-refractivity contribution < 1.29 is 19.1 Å². The van der Waals surface area contributed by atoms with Gasteiger partial charge in [0.1, 0.15) is 5.82 Å². The molecule has 80 valence electrons. The molecule has 5 heteroatoms. The van der Waals surface area contributed by atoms with E-state index in [-0.39, 0.29) is 12.2 Å². The fourth-order valence-corrected chi connectivity index (χ4v) is 1.20. The molecule has 0 bridgehead atoms. The maximum Gasteiger partial charge on any atom is 0.394 e. The van der Waals surface area contributed by atoms with E-state index in [1.54, 1.807) is 6.92 Å². The Labute approximate surface area is 85.9 Å². The van der Waals surface area contributed by atoms with Gasteiger partial charge in [-0.25, -0.2) is 9.18 Å². The summed E-state index contributed by atoms with van der Waals surface area (Å²) in [6.07, 6.45) is 0. The highest BCUT2D eigenvalue weighted by molar-refractivity contribution is 6.37. The molecule has 0 radical (unpaired) electrons. The average Bonchev–Trinajstić information content (AvgIpc) is 2.18. The van der Waals surface area contributed by atoms with Gasteiger partial charge in [-0.1, -0.05) is 6.07 Å². The number of hydrogen-bond acceptors (Lipinski definition) is 2. The maximum atomic E-state index is 12.8. The third kappa shape index (κ3) is 2.52. The van der Waals surface area contributed by atoms with Crippen molar-refractivity contribution in [1.29, 1.82) is 0 Å². The highest BCUT2D eigenvalue weighted by Crippen LogP contribution is 2.15. The number of benzene rings is 1. The number of nitrogens with zero attached hydrogens (tertiary/aromatic N) is 1. The number of carbonyl (C=O) groups is 2. The molecule has 1 rings (SSSR count). The highest BCUT2D eigenvalue weighted by atomic mass is 19.1. The number of hydrogen-bond donors (Lipinski definition) is 1. The summed E-state index contributed by atoms with van der Waals surface area (Å²) in [7, 11) is 0. The minimum atomic E-state index is -1.55. The van der Waals surface area contributed by atoms with Crippen LogP contribution in [0.2, 0.25) is 0 Å². The monoisotopic (exact) mass is 211 g/mol. The Morgan fingerprint density at radius 2 is 2.13 bits per heavy atom. The number of anilines is 1. The Morgan fingerprint density at radius 1 is 1.47 bits per heavy atom. The van der Waals surface area contributed by atoms with E-state index in [0.717, 1.165) is 11.0 Å². The third-order valence-electron chi connectivity index (χ3n) is 1.86. The Bertz CT molecular complexity index is 392. The van der Waals surface area contributed by atoms with Gasteiger partial charge >= 0.3 is 11.9 Å². The second-order valence-electron chi connectivity index (χ2n) is 2.83. The molecule has 0 unspecified atom stereocenters.